The average molecular weight is 306 g/mol. The van der Waals surface area contributed by atoms with Crippen molar-refractivity contribution in [1.82, 2.24) is 4.72 Å². The second kappa shape index (κ2) is 4.75. The summed E-state index contributed by atoms with van der Waals surface area (Å²) in [6.07, 6.45) is 1.12. The topological polar surface area (TPSA) is 104 Å². The summed E-state index contributed by atoms with van der Waals surface area (Å²) in [5.74, 6) is -1.30. The average Bonchev–Trinajstić information content (AvgIpc) is 3.08. The summed E-state index contributed by atoms with van der Waals surface area (Å²) >= 11 is 5.68. The predicted molar refractivity (Wildman–Crippen MR) is 67.8 cm³/mol. The van der Waals surface area contributed by atoms with Crippen molar-refractivity contribution in [3.63, 3.8) is 0 Å². The Labute approximate surface area is 115 Å². The molecule has 0 amide bonds. The van der Waals surface area contributed by atoms with E-state index in [9.17, 15) is 13.2 Å². The van der Waals surface area contributed by atoms with Gasteiger partial charge in [0.05, 0.1) is 27.6 Å². The van der Waals surface area contributed by atoms with Crippen molar-refractivity contribution < 1.29 is 23.4 Å². The minimum Gasteiger partial charge on any atom is -0.478 e. The van der Waals surface area contributed by atoms with Gasteiger partial charge in [0.1, 0.15) is 0 Å². The fourth-order valence-corrected chi connectivity index (χ4v) is 3.30. The third-order valence-electron chi connectivity index (χ3n) is 2.99. The van der Waals surface area contributed by atoms with E-state index in [1.54, 1.807) is 0 Å². The van der Waals surface area contributed by atoms with Crippen molar-refractivity contribution in [2.45, 2.75) is 23.3 Å². The van der Waals surface area contributed by atoms with Crippen LogP contribution in [-0.2, 0) is 10.0 Å². The first-order chi connectivity index (χ1) is 8.80. The predicted octanol–water partition coefficient (Wildman–Crippen LogP) is 0.841. The molecule has 1 fully saturated rings. The summed E-state index contributed by atoms with van der Waals surface area (Å²) in [5, 5.41) is 18.0. The van der Waals surface area contributed by atoms with Crippen LogP contribution in [0.4, 0.5) is 0 Å². The van der Waals surface area contributed by atoms with Gasteiger partial charge in [0, 0.05) is 0 Å². The molecule has 3 N–H and O–H groups in total. The SMILES string of the molecule is O=C(O)c1cc(S(=O)(=O)NC2(CO)CC2)ccc1Cl. The molecular formula is C11H12ClNO5S. The maximum absolute atomic E-state index is 12.1. The third-order valence-corrected chi connectivity index (χ3v) is 4.89. The first kappa shape index (κ1) is 14.3. The third kappa shape index (κ3) is 2.89. The van der Waals surface area contributed by atoms with Gasteiger partial charge in [-0.3, -0.25) is 0 Å². The van der Waals surface area contributed by atoms with Crippen molar-refractivity contribution in [1.29, 1.82) is 0 Å². The number of benzene rings is 1. The molecule has 8 heteroatoms. The Morgan fingerprint density at radius 3 is 2.53 bits per heavy atom. The monoisotopic (exact) mass is 305 g/mol. The van der Waals surface area contributed by atoms with Crippen LogP contribution in [0.3, 0.4) is 0 Å². The fourth-order valence-electron chi connectivity index (χ4n) is 1.62. The molecule has 0 bridgehead atoms. The summed E-state index contributed by atoms with van der Waals surface area (Å²) in [5.41, 5.74) is -1.08. The van der Waals surface area contributed by atoms with Crippen LogP contribution in [0.1, 0.15) is 23.2 Å². The molecule has 2 rings (SSSR count). The minimum atomic E-state index is -3.87. The fraction of sp³-hybridized carbons (Fsp3) is 0.364. The van der Waals surface area contributed by atoms with Crippen molar-refractivity contribution >= 4 is 27.6 Å². The Hall–Kier alpha value is -1.15. The Morgan fingerprint density at radius 2 is 2.05 bits per heavy atom. The quantitative estimate of drug-likeness (QED) is 0.748. The number of carboxylic acids is 1. The van der Waals surface area contributed by atoms with E-state index in [2.05, 4.69) is 4.72 Å². The lowest BCUT2D eigenvalue weighted by Gasteiger charge is -2.15. The number of aliphatic hydroxyl groups is 1. The molecule has 19 heavy (non-hydrogen) atoms. The van der Waals surface area contributed by atoms with Crippen molar-refractivity contribution in [3.8, 4) is 0 Å². The van der Waals surface area contributed by atoms with Crippen LogP contribution in [-0.4, -0.2) is 36.7 Å². The molecule has 1 aromatic rings. The Kier molecular flexibility index (Phi) is 3.57. The number of carbonyl (C=O) groups is 1. The molecule has 0 saturated heterocycles. The van der Waals surface area contributed by atoms with Crippen molar-refractivity contribution in [2.24, 2.45) is 0 Å². The van der Waals surface area contributed by atoms with Gasteiger partial charge in [-0.2, -0.15) is 0 Å². The van der Waals surface area contributed by atoms with Crippen LogP contribution in [0.5, 0.6) is 0 Å². The normalized spacial score (nSPS) is 17.2. The summed E-state index contributed by atoms with van der Waals surface area (Å²) in [4.78, 5) is 10.7. The van der Waals surface area contributed by atoms with Gasteiger partial charge in [-0.15, -0.1) is 0 Å². The Balaban J connectivity index is 2.36. The van der Waals surface area contributed by atoms with Gasteiger partial charge in [-0.05, 0) is 31.0 Å². The highest BCUT2D eigenvalue weighted by Crippen LogP contribution is 2.36. The van der Waals surface area contributed by atoms with Crippen LogP contribution in [0, 0.1) is 0 Å². The molecule has 0 unspecified atom stereocenters. The van der Waals surface area contributed by atoms with E-state index in [4.69, 9.17) is 21.8 Å². The molecule has 0 aromatic heterocycles. The Morgan fingerprint density at radius 1 is 1.42 bits per heavy atom. The first-order valence-corrected chi connectivity index (χ1v) is 7.33. The molecule has 0 spiro atoms. The number of sulfonamides is 1. The molecular weight excluding hydrogens is 294 g/mol. The van der Waals surface area contributed by atoms with Crippen LogP contribution < -0.4 is 4.72 Å². The molecule has 0 atom stereocenters. The molecule has 0 heterocycles. The van der Waals surface area contributed by atoms with E-state index >= 15 is 0 Å². The van der Waals surface area contributed by atoms with Gasteiger partial charge < -0.3 is 10.2 Å². The zero-order valence-electron chi connectivity index (χ0n) is 9.76. The molecule has 1 aliphatic rings. The summed E-state index contributed by atoms with van der Waals surface area (Å²) in [6, 6.07) is 3.45. The van der Waals surface area contributed by atoms with E-state index in [1.165, 1.54) is 12.1 Å². The minimum absolute atomic E-state index is 0.0326. The summed E-state index contributed by atoms with van der Waals surface area (Å²) in [6.45, 7) is -0.286. The van der Waals surface area contributed by atoms with E-state index in [1.807, 2.05) is 0 Å². The number of aromatic carboxylic acids is 1. The number of nitrogens with one attached hydrogen (secondary N) is 1. The maximum Gasteiger partial charge on any atom is 0.337 e. The van der Waals surface area contributed by atoms with Gasteiger partial charge in [0.15, 0.2) is 0 Å². The number of hydrogen-bond acceptors (Lipinski definition) is 4. The van der Waals surface area contributed by atoms with E-state index in [0.717, 1.165) is 6.07 Å². The lowest BCUT2D eigenvalue weighted by Crippen LogP contribution is -2.39. The van der Waals surface area contributed by atoms with E-state index < -0.39 is 21.5 Å². The van der Waals surface area contributed by atoms with Crippen LogP contribution in [0.2, 0.25) is 5.02 Å². The van der Waals surface area contributed by atoms with Gasteiger partial charge in [-0.1, -0.05) is 11.6 Å². The summed E-state index contributed by atoms with van der Waals surface area (Å²) < 4.78 is 26.5. The van der Waals surface area contributed by atoms with Crippen LogP contribution in [0.15, 0.2) is 23.1 Å². The molecule has 0 radical (unpaired) electrons. The van der Waals surface area contributed by atoms with Gasteiger partial charge >= 0.3 is 5.97 Å². The first-order valence-electron chi connectivity index (χ1n) is 5.47. The van der Waals surface area contributed by atoms with Gasteiger partial charge in [-0.25, -0.2) is 17.9 Å². The molecule has 1 aromatic carbocycles. The number of hydrogen-bond donors (Lipinski definition) is 3. The second-order valence-corrected chi connectivity index (χ2v) is 6.58. The highest BCUT2D eigenvalue weighted by molar-refractivity contribution is 7.89. The largest absolute Gasteiger partial charge is 0.478 e. The maximum atomic E-state index is 12.1. The van der Waals surface area contributed by atoms with Crippen LogP contribution >= 0.6 is 11.6 Å². The zero-order chi connectivity index (χ0) is 14.3. The number of rotatable bonds is 5. The lowest BCUT2D eigenvalue weighted by molar-refractivity contribution is 0.0697. The standard InChI is InChI=1S/C11H12ClNO5S/c12-9-2-1-7(5-8(9)10(15)16)19(17,18)13-11(6-14)3-4-11/h1-2,5,13-14H,3-4,6H2,(H,15,16). The smallest absolute Gasteiger partial charge is 0.337 e. The second-order valence-electron chi connectivity index (χ2n) is 4.49. The number of carboxylic acid groups (broad SMARTS) is 1. The molecule has 1 aliphatic carbocycles. The Bertz CT molecular complexity index is 624. The van der Waals surface area contributed by atoms with E-state index in [-0.39, 0.29) is 22.1 Å². The molecule has 0 aliphatic heterocycles. The lowest BCUT2D eigenvalue weighted by atomic mass is 10.2. The van der Waals surface area contributed by atoms with Crippen molar-refractivity contribution in [2.75, 3.05) is 6.61 Å². The molecule has 104 valence electrons. The van der Waals surface area contributed by atoms with E-state index in [0.29, 0.717) is 12.8 Å². The van der Waals surface area contributed by atoms with Crippen molar-refractivity contribution in [3.05, 3.63) is 28.8 Å². The number of aliphatic hydroxyl groups excluding tert-OH is 1. The summed E-state index contributed by atoms with van der Waals surface area (Å²) in [7, 11) is -3.87. The number of halogens is 1. The zero-order valence-corrected chi connectivity index (χ0v) is 11.3. The highest BCUT2D eigenvalue weighted by atomic mass is 35.5. The van der Waals surface area contributed by atoms with Gasteiger partial charge in [0.25, 0.3) is 0 Å². The van der Waals surface area contributed by atoms with Gasteiger partial charge in [0.2, 0.25) is 10.0 Å². The van der Waals surface area contributed by atoms with Crippen LogP contribution in [0.25, 0.3) is 0 Å². The molecule has 6 nitrogen and oxygen atoms in total. The molecule has 1 saturated carbocycles. The highest BCUT2D eigenvalue weighted by Gasteiger charge is 2.45.